The molecule has 1 aliphatic rings. The van der Waals surface area contributed by atoms with E-state index in [1.807, 2.05) is 6.92 Å². The molecule has 1 N–H and O–H groups in total. The van der Waals surface area contributed by atoms with Crippen LogP contribution in [0.1, 0.15) is 30.9 Å². The zero-order chi connectivity index (χ0) is 10.7. The number of nitriles is 1. The molecule has 0 heterocycles. The summed E-state index contributed by atoms with van der Waals surface area (Å²) in [6.45, 7) is 2.02. The first-order valence-electron chi connectivity index (χ1n) is 5.61. The van der Waals surface area contributed by atoms with E-state index in [1.165, 1.54) is 30.4 Å². The van der Waals surface area contributed by atoms with Gasteiger partial charge >= 0.3 is 0 Å². The van der Waals surface area contributed by atoms with Crippen LogP contribution in [0, 0.1) is 11.3 Å². The van der Waals surface area contributed by atoms with Crippen LogP contribution in [0.2, 0.25) is 0 Å². The van der Waals surface area contributed by atoms with Crippen LogP contribution in [0.15, 0.2) is 18.2 Å². The van der Waals surface area contributed by atoms with Gasteiger partial charge in [-0.2, -0.15) is 5.26 Å². The Morgan fingerprint density at radius 2 is 2.20 bits per heavy atom. The molecular weight excluding hydrogens is 184 g/mol. The molecule has 1 aromatic carbocycles. The highest BCUT2D eigenvalue weighted by atomic mass is 14.9. The topological polar surface area (TPSA) is 35.8 Å². The number of fused-ring (bicyclic) bond motifs is 1. The second kappa shape index (κ2) is 4.35. The zero-order valence-electron chi connectivity index (χ0n) is 9.09. The van der Waals surface area contributed by atoms with Crippen molar-refractivity contribution in [1.82, 2.24) is 0 Å². The highest BCUT2D eigenvalue weighted by molar-refractivity contribution is 5.51. The Labute approximate surface area is 90.9 Å². The van der Waals surface area contributed by atoms with E-state index < -0.39 is 0 Å². The summed E-state index contributed by atoms with van der Waals surface area (Å²) in [6.07, 6.45) is 4.51. The third kappa shape index (κ3) is 2.12. The van der Waals surface area contributed by atoms with Gasteiger partial charge in [0.15, 0.2) is 0 Å². The molecule has 1 atom stereocenters. The smallest absolute Gasteiger partial charge is 0.114 e. The molecule has 0 amide bonds. The van der Waals surface area contributed by atoms with Crippen molar-refractivity contribution >= 4 is 5.69 Å². The summed E-state index contributed by atoms with van der Waals surface area (Å²) in [5.41, 5.74) is 4.02. The van der Waals surface area contributed by atoms with Crippen molar-refractivity contribution in [2.45, 2.75) is 38.6 Å². The Kier molecular flexibility index (Phi) is 2.91. The van der Waals surface area contributed by atoms with Gasteiger partial charge in [-0.25, -0.2) is 0 Å². The van der Waals surface area contributed by atoms with Crippen molar-refractivity contribution < 1.29 is 0 Å². The second-order valence-electron chi connectivity index (χ2n) is 4.07. The minimum absolute atomic E-state index is 0.0653. The molecule has 2 nitrogen and oxygen atoms in total. The summed E-state index contributed by atoms with van der Waals surface area (Å²) in [7, 11) is 0. The predicted octanol–water partition coefficient (Wildman–Crippen LogP) is 2.89. The van der Waals surface area contributed by atoms with Gasteiger partial charge in [0.05, 0.1) is 6.07 Å². The lowest BCUT2D eigenvalue weighted by Crippen LogP contribution is -2.15. The van der Waals surface area contributed by atoms with Gasteiger partial charge in [0.2, 0.25) is 0 Å². The lowest BCUT2D eigenvalue weighted by atomic mass is 10.1. The van der Waals surface area contributed by atoms with Crippen LogP contribution in [-0.4, -0.2) is 6.04 Å². The number of rotatable bonds is 3. The van der Waals surface area contributed by atoms with Crippen molar-refractivity contribution in [3.63, 3.8) is 0 Å². The van der Waals surface area contributed by atoms with Crippen LogP contribution < -0.4 is 5.32 Å². The number of anilines is 1. The molecule has 0 saturated carbocycles. The normalized spacial score (nSPS) is 15.5. The van der Waals surface area contributed by atoms with E-state index >= 15 is 0 Å². The first kappa shape index (κ1) is 10.0. The molecule has 0 fully saturated rings. The Hall–Kier alpha value is -1.49. The first-order chi connectivity index (χ1) is 7.33. The Bertz CT molecular complexity index is 390. The van der Waals surface area contributed by atoms with Crippen molar-refractivity contribution in [3.05, 3.63) is 29.3 Å². The van der Waals surface area contributed by atoms with Crippen molar-refractivity contribution in [3.8, 4) is 6.07 Å². The van der Waals surface area contributed by atoms with Crippen LogP contribution in [0.3, 0.4) is 0 Å². The maximum atomic E-state index is 8.87. The fourth-order valence-electron chi connectivity index (χ4n) is 2.09. The summed E-state index contributed by atoms with van der Waals surface area (Å²) < 4.78 is 0. The highest BCUT2D eigenvalue weighted by Gasteiger charge is 2.11. The van der Waals surface area contributed by atoms with E-state index in [2.05, 4.69) is 29.6 Å². The molecule has 1 unspecified atom stereocenters. The van der Waals surface area contributed by atoms with Crippen molar-refractivity contribution in [2.24, 2.45) is 0 Å². The molecule has 0 aliphatic heterocycles. The standard InChI is InChI=1S/C13H16N2/c1-2-12(9-14)15-13-7-6-10-4-3-5-11(10)8-13/h6-8,12,15H,2-5H2,1H3. The van der Waals surface area contributed by atoms with Gasteiger partial charge in [0.1, 0.15) is 6.04 Å². The largest absolute Gasteiger partial charge is 0.370 e. The van der Waals surface area contributed by atoms with Crippen LogP contribution in [0.25, 0.3) is 0 Å². The van der Waals surface area contributed by atoms with Gasteiger partial charge in [-0.1, -0.05) is 13.0 Å². The van der Waals surface area contributed by atoms with Crippen LogP contribution in [-0.2, 0) is 12.8 Å². The van der Waals surface area contributed by atoms with Gasteiger partial charge in [-0.05, 0) is 48.9 Å². The minimum Gasteiger partial charge on any atom is -0.370 e. The van der Waals surface area contributed by atoms with Gasteiger partial charge < -0.3 is 5.32 Å². The Morgan fingerprint density at radius 1 is 1.40 bits per heavy atom. The van der Waals surface area contributed by atoms with E-state index in [1.54, 1.807) is 0 Å². The summed E-state index contributed by atoms with van der Waals surface area (Å²) in [4.78, 5) is 0. The van der Waals surface area contributed by atoms with E-state index in [-0.39, 0.29) is 6.04 Å². The number of hydrogen-bond acceptors (Lipinski definition) is 2. The van der Waals surface area contributed by atoms with Crippen molar-refractivity contribution in [1.29, 1.82) is 5.26 Å². The maximum absolute atomic E-state index is 8.87. The van der Waals surface area contributed by atoms with E-state index in [4.69, 9.17) is 5.26 Å². The summed E-state index contributed by atoms with van der Waals surface area (Å²) >= 11 is 0. The molecule has 0 aromatic heterocycles. The van der Waals surface area contributed by atoms with E-state index in [9.17, 15) is 0 Å². The maximum Gasteiger partial charge on any atom is 0.114 e. The fraction of sp³-hybridized carbons (Fsp3) is 0.462. The predicted molar refractivity (Wildman–Crippen MR) is 61.8 cm³/mol. The summed E-state index contributed by atoms with van der Waals surface area (Å²) in [5.74, 6) is 0. The average Bonchev–Trinajstić information content (AvgIpc) is 2.73. The third-order valence-corrected chi connectivity index (χ3v) is 3.00. The Balaban J connectivity index is 2.13. The molecule has 15 heavy (non-hydrogen) atoms. The molecule has 2 rings (SSSR count). The summed E-state index contributed by atoms with van der Waals surface area (Å²) in [6, 6.07) is 8.66. The molecule has 78 valence electrons. The number of nitrogens with zero attached hydrogens (tertiary/aromatic N) is 1. The molecular formula is C13H16N2. The SMILES string of the molecule is CCC(C#N)Nc1ccc2c(c1)CCC2. The van der Waals surface area contributed by atoms with Crippen LogP contribution in [0.4, 0.5) is 5.69 Å². The van der Waals surface area contributed by atoms with Crippen LogP contribution in [0.5, 0.6) is 0 Å². The molecule has 0 spiro atoms. The number of nitrogens with one attached hydrogen (secondary N) is 1. The number of hydrogen-bond donors (Lipinski definition) is 1. The monoisotopic (exact) mass is 200 g/mol. The molecule has 1 aliphatic carbocycles. The van der Waals surface area contributed by atoms with Gasteiger partial charge in [-0.3, -0.25) is 0 Å². The van der Waals surface area contributed by atoms with Crippen molar-refractivity contribution in [2.75, 3.05) is 5.32 Å². The minimum atomic E-state index is -0.0653. The zero-order valence-corrected chi connectivity index (χ0v) is 9.09. The second-order valence-corrected chi connectivity index (χ2v) is 4.07. The fourth-order valence-corrected chi connectivity index (χ4v) is 2.09. The molecule has 0 bridgehead atoms. The molecule has 0 saturated heterocycles. The average molecular weight is 200 g/mol. The van der Waals surface area contributed by atoms with Gasteiger partial charge in [-0.15, -0.1) is 0 Å². The first-order valence-corrected chi connectivity index (χ1v) is 5.61. The van der Waals surface area contributed by atoms with Gasteiger partial charge in [0.25, 0.3) is 0 Å². The molecule has 2 heteroatoms. The lowest BCUT2D eigenvalue weighted by molar-refractivity contribution is 0.845. The third-order valence-electron chi connectivity index (χ3n) is 3.00. The van der Waals surface area contributed by atoms with E-state index in [0.717, 1.165) is 12.1 Å². The van der Waals surface area contributed by atoms with Crippen LogP contribution >= 0.6 is 0 Å². The molecule has 0 radical (unpaired) electrons. The summed E-state index contributed by atoms with van der Waals surface area (Å²) in [5, 5.41) is 12.1. The number of benzene rings is 1. The molecule has 1 aromatic rings. The van der Waals surface area contributed by atoms with Gasteiger partial charge in [0, 0.05) is 5.69 Å². The Morgan fingerprint density at radius 3 is 2.93 bits per heavy atom. The lowest BCUT2D eigenvalue weighted by Gasteiger charge is -2.11. The number of aryl methyl sites for hydroxylation is 2. The highest BCUT2D eigenvalue weighted by Crippen LogP contribution is 2.25. The quantitative estimate of drug-likeness (QED) is 0.814. The van der Waals surface area contributed by atoms with E-state index in [0.29, 0.717) is 0 Å².